The van der Waals surface area contributed by atoms with Gasteiger partial charge in [-0.05, 0) is 19.1 Å². The fourth-order valence-corrected chi connectivity index (χ4v) is 2.61. The van der Waals surface area contributed by atoms with Gasteiger partial charge in [0.2, 0.25) is 5.44 Å². The Morgan fingerprint density at radius 3 is 2.33 bits per heavy atom. The molecule has 15 heavy (non-hydrogen) atoms. The molecular weight excluding hydrogens is 212 g/mol. The van der Waals surface area contributed by atoms with E-state index in [4.69, 9.17) is 4.74 Å². The summed E-state index contributed by atoms with van der Waals surface area (Å²) >= 11 is 1.31. The zero-order valence-electron chi connectivity index (χ0n) is 9.32. The molecule has 3 nitrogen and oxygen atoms in total. The third kappa shape index (κ3) is 3.86. The number of esters is 1. The molecule has 1 rings (SSSR count). The van der Waals surface area contributed by atoms with Crippen molar-refractivity contribution >= 4 is 23.5 Å². The van der Waals surface area contributed by atoms with Crippen LogP contribution in [-0.2, 0) is 14.3 Å². The number of ketones is 1. The summed E-state index contributed by atoms with van der Waals surface area (Å²) in [7, 11) is 0. The molecule has 1 unspecified atom stereocenters. The Labute approximate surface area is 94.9 Å². The molecule has 0 aromatic carbocycles. The van der Waals surface area contributed by atoms with Crippen LogP contribution in [0, 0.1) is 5.92 Å². The topological polar surface area (TPSA) is 43.4 Å². The maximum absolute atomic E-state index is 12.0. The molecule has 0 N–H and O–H groups in total. The molecule has 0 radical (unpaired) electrons. The van der Waals surface area contributed by atoms with Gasteiger partial charge in [-0.15, -0.1) is 11.8 Å². The molecule has 1 aliphatic rings. The third-order valence-corrected chi connectivity index (χ3v) is 3.48. The Hall–Kier alpha value is -0.510. The predicted molar refractivity (Wildman–Crippen MR) is 60.7 cm³/mol. The third-order valence-electron chi connectivity index (χ3n) is 2.73. The summed E-state index contributed by atoms with van der Waals surface area (Å²) in [6.45, 7) is 1.34. The Morgan fingerprint density at radius 1 is 1.27 bits per heavy atom. The average Bonchev–Trinajstić information content (AvgIpc) is 2.26. The Kier molecular flexibility index (Phi) is 5.15. The highest BCUT2D eigenvalue weighted by Gasteiger charge is 2.29. The van der Waals surface area contributed by atoms with Gasteiger partial charge >= 0.3 is 5.97 Å². The van der Waals surface area contributed by atoms with Crippen molar-refractivity contribution < 1.29 is 14.3 Å². The summed E-state index contributed by atoms with van der Waals surface area (Å²) in [5, 5.41) is 0. The summed E-state index contributed by atoms with van der Waals surface area (Å²) in [5.74, 6) is -0.175. The van der Waals surface area contributed by atoms with Crippen LogP contribution in [0.4, 0.5) is 0 Å². The molecule has 0 bridgehead atoms. The number of carbonyl (C=O) groups is 2. The van der Waals surface area contributed by atoms with E-state index in [2.05, 4.69) is 0 Å². The maximum Gasteiger partial charge on any atom is 0.304 e. The van der Waals surface area contributed by atoms with Crippen molar-refractivity contribution in [2.24, 2.45) is 5.92 Å². The molecule has 1 atom stereocenters. The monoisotopic (exact) mass is 230 g/mol. The number of thioether (sulfide) groups is 1. The zero-order valence-corrected chi connectivity index (χ0v) is 10.1. The first-order valence-corrected chi connectivity index (χ1v) is 6.67. The lowest BCUT2D eigenvalue weighted by molar-refractivity contribution is -0.149. The van der Waals surface area contributed by atoms with Gasteiger partial charge in [0.1, 0.15) is 0 Å². The van der Waals surface area contributed by atoms with Gasteiger partial charge < -0.3 is 4.74 Å². The van der Waals surface area contributed by atoms with Crippen molar-refractivity contribution in [1.82, 2.24) is 0 Å². The Morgan fingerprint density at radius 2 is 1.87 bits per heavy atom. The minimum atomic E-state index is -0.592. The van der Waals surface area contributed by atoms with Crippen LogP contribution in [-0.4, -0.2) is 23.4 Å². The van der Waals surface area contributed by atoms with Crippen molar-refractivity contribution in [3.63, 3.8) is 0 Å². The van der Waals surface area contributed by atoms with Crippen molar-refractivity contribution in [2.75, 3.05) is 6.26 Å². The summed E-state index contributed by atoms with van der Waals surface area (Å²) in [6, 6.07) is 0. The molecule has 4 heteroatoms. The van der Waals surface area contributed by atoms with Gasteiger partial charge in [-0.2, -0.15) is 0 Å². The molecule has 0 aromatic heterocycles. The number of carbonyl (C=O) groups excluding carboxylic acids is 2. The first-order chi connectivity index (χ1) is 7.15. The van der Waals surface area contributed by atoms with E-state index >= 15 is 0 Å². The van der Waals surface area contributed by atoms with Crippen molar-refractivity contribution in [1.29, 1.82) is 0 Å². The number of hydrogen-bond donors (Lipinski definition) is 0. The largest absolute Gasteiger partial charge is 0.443 e. The Bertz CT molecular complexity index is 234. The van der Waals surface area contributed by atoms with Gasteiger partial charge in [0.25, 0.3) is 0 Å². The van der Waals surface area contributed by atoms with Gasteiger partial charge in [0.15, 0.2) is 5.78 Å². The molecule has 86 valence electrons. The molecule has 1 saturated carbocycles. The predicted octanol–water partition coefficient (Wildman–Crippen LogP) is 2.39. The van der Waals surface area contributed by atoms with Gasteiger partial charge in [0.05, 0.1) is 0 Å². The maximum atomic E-state index is 12.0. The van der Waals surface area contributed by atoms with Crippen LogP contribution in [0.5, 0.6) is 0 Å². The first-order valence-electron chi connectivity index (χ1n) is 5.39. The molecule has 1 fully saturated rings. The van der Waals surface area contributed by atoms with Gasteiger partial charge in [0, 0.05) is 12.8 Å². The molecule has 0 aliphatic heterocycles. The lowest BCUT2D eigenvalue weighted by Crippen LogP contribution is -2.30. The second-order valence-corrected chi connectivity index (χ2v) is 4.81. The van der Waals surface area contributed by atoms with E-state index in [1.165, 1.54) is 25.1 Å². The fourth-order valence-electron chi connectivity index (χ4n) is 1.95. The molecule has 0 aromatic rings. The average molecular weight is 230 g/mol. The summed E-state index contributed by atoms with van der Waals surface area (Å²) in [6.07, 6.45) is 7.18. The molecule has 0 spiro atoms. The lowest BCUT2D eigenvalue weighted by atomic mass is 9.86. The van der Waals surface area contributed by atoms with Gasteiger partial charge in [-0.25, -0.2) is 0 Å². The van der Waals surface area contributed by atoms with Crippen molar-refractivity contribution in [3.05, 3.63) is 0 Å². The van der Waals surface area contributed by atoms with E-state index in [-0.39, 0.29) is 17.7 Å². The number of Topliss-reactive ketones (excluding diaryl/α,β-unsaturated/α-hetero) is 1. The standard InChI is InChI=1S/C11H18O3S/c1-8(12)14-11(15-2)10(13)9-6-4-3-5-7-9/h9,11H,3-7H2,1-2H3. The minimum Gasteiger partial charge on any atom is -0.443 e. The quantitative estimate of drug-likeness (QED) is 0.549. The smallest absolute Gasteiger partial charge is 0.304 e. The SMILES string of the molecule is CSC(OC(C)=O)C(=O)C1CCCCC1. The van der Waals surface area contributed by atoms with Crippen LogP contribution >= 0.6 is 11.8 Å². The highest BCUT2D eigenvalue weighted by Crippen LogP contribution is 2.28. The van der Waals surface area contributed by atoms with Crippen LogP contribution in [0.2, 0.25) is 0 Å². The lowest BCUT2D eigenvalue weighted by Gasteiger charge is -2.23. The molecule has 0 amide bonds. The number of rotatable bonds is 4. The van der Waals surface area contributed by atoms with Gasteiger partial charge in [-0.1, -0.05) is 19.3 Å². The normalized spacial score (nSPS) is 19.6. The van der Waals surface area contributed by atoms with E-state index in [1.54, 1.807) is 6.26 Å². The fraction of sp³-hybridized carbons (Fsp3) is 0.818. The second kappa shape index (κ2) is 6.16. The van der Waals surface area contributed by atoms with Crippen molar-refractivity contribution in [2.45, 2.75) is 44.5 Å². The summed E-state index contributed by atoms with van der Waals surface area (Å²) in [5.41, 5.74) is -0.592. The molecule has 0 heterocycles. The van der Waals surface area contributed by atoms with E-state index in [1.807, 2.05) is 0 Å². The number of hydrogen-bond acceptors (Lipinski definition) is 4. The summed E-state index contributed by atoms with van der Waals surface area (Å²) in [4.78, 5) is 22.8. The molecule has 0 saturated heterocycles. The van der Waals surface area contributed by atoms with E-state index in [0.717, 1.165) is 25.7 Å². The summed E-state index contributed by atoms with van der Waals surface area (Å²) < 4.78 is 4.99. The zero-order chi connectivity index (χ0) is 11.3. The van der Waals surface area contributed by atoms with E-state index in [9.17, 15) is 9.59 Å². The van der Waals surface area contributed by atoms with E-state index < -0.39 is 5.44 Å². The van der Waals surface area contributed by atoms with Crippen LogP contribution < -0.4 is 0 Å². The van der Waals surface area contributed by atoms with Crippen LogP contribution in [0.3, 0.4) is 0 Å². The minimum absolute atomic E-state index is 0.0948. The van der Waals surface area contributed by atoms with Gasteiger partial charge in [-0.3, -0.25) is 9.59 Å². The van der Waals surface area contributed by atoms with Crippen LogP contribution in [0.25, 0.3) is 0 Å². The van der Waals surface area contributed by atoms with E-state index in [0.29, 0.717) is 0 Å². The van der Waals surface area contributed by atoms with Crippen LogP contribution in [0.15, 0.2) is 0 Å². The molecular formula is C11H18O3S. The van der Waals surface area contributed by atoms with Crippen LogP contribution in [0.1, 0.15) is 39.0 Å². The van der Waals surface area contributed by atoms with Crippen molar-refractivity contribution in [3.8, 4) is 0 Å². The molecule has 1 aliphatic carbocycles. The highest BCUT2D eigenvalue weighted by molar-refractivity contribution is 7.99. The first kappa shape index (κ1) is 12.6. The second-order valence-electron chi connectivity index (χ2n) is 3.91. The Balaban J connectivity index is 2.50. The number of ether oxygens (including phenoxy) is 1. The highest BCUT2D eigenvalue weighted by atomic mass is 32.2.